The zero-order valence-electron chi connectivity index (χ0n) is 49.1. The number of carbonyl (C=O) groups excluding carboxylic acids is 2. The molecule has 0 aromatic heterocycles. The second-order valence-electron chi connectivity index (χ2n) is 22.5. The number of carbonyl (C=O) groups is 2. The Morgan fingerprint density at radius 3 is 1.04 bits per heavy atom. The number of esters is 2. The molecule has 1 saturated heterocycles. The van der Waals surface area contributed by atoms with E-state index in [2.05, 4.69) is 62.4 Å². The van der Waals surface area contributed by atoms with E-state index in [1.165, 1.54) is 128 Å². The molecule has 0 amide bonds. The predicted octanol–water partition coefficient (Wildman–Crippen LogP) is 17.8. The van der Waals surface area contributed by atoms with Crippen molar-refractivity contribution in [3.63, 3.8) is 0 Å². The lowest BCUT2D eigenvalue weighted by Gasteiger charge is -2.47. The molecule has 5 atom stereocenters. The first-order valence-corrected chi connectivity index (χ1v) is 31.6. The van der Waals surface area contributed by atoms with Crippen molar-refractivity contribution in [2.24, 2.45) is 5.92 Å². The lowest BCUT2D eigenvalue weighted by molar-refractivity contribution is -0.275. The first-order valence-electron chi connectivity index (χ1n) is 31.6. The minimum absolute atomic E-state index is 0.0905. The van der Waals surface area contributed by atoms with Crippen molar-refractivity contribution >= 4 is 11.9 Å². The molecule has 9 heteroatoms. The van der Waals surface area contributed by atoms with Crippen LogP contribution in [0.15, 0.2) is 121 Å². The molecule has 0 bridgehead atoms. The third kappa shape index (κ3) is 29.8. The quantitative estimate of drug-likeness (QED) is 0.0316. The molecule has 1 heterocycles. The zero-order valence-corrected chi connectivity index (χ0v) is 49.1. The van der Waals surface area contributed by atoms with Gasteiger partial charge in [0.1, 0.15) is 24.4 Å². The van der Waals surface area contributed by atoms with Gasteiger partial charge in [0.15, 0.2) is 0 Å². The molecule has 79 heavy (non-hydrogen) atoms. The maximum absolute atomic E-state index is 13.5. The molecule has 0 radical (unpaired) electrons. The molecule has 4 aromatic carbocycles. The predicted molar refractivity (Wildman–Crippen MR) is 320 cm³/mol. The minimum Gasteiger partial charge on any atom is -0.465 e. The number of benzene rings is 4. The summed E-state index contributed by atoms with van der Waals surface area (Å²) in [5.41, 5.74) is 4.12. The summed E-state index contributed by atoms with van der Waals surface area (Å²) in [5.74, 6) is -0.821. The Kier molecular flexibility index (Phi) is 35.9. The van der Waals surface area contributed by atoms with E-state index in [-0.39, 0.29) is 37.7 Å². The summed E-state index contributed by atoms with van der Waals surface area (Å²) in [6.07, 6.45) is 30.4. The molecule has 438 valence electrons. The molecule has 0 aliphatic carbocycles. The van der Waals surface area contributed by atoms with Crippen LogP contribution in [0.4, 0.5) is 0 Å². The van der Waals surface area contributed by atoms with E-state index < -0.39 is 30.5 Å². The summed E-state index contributed by atoms with van der Waals surface area (Å²) >= 11 is 0. The number of unbranched alkanes of at least 4 members (excludes halogenated alkanes) is 24. The van der Waals surface area contributed by atoms with Crippen LogP contribution < -0.4 is 0 Å². The molecule has 1 aliphatic rings. The normalized spacial score (nSPS) is 17.3. The third-order valence-corrected chi connectivity index (χ3v) is 15.5. The van der Waals surface area contributed by atoms with E-state index in [1.54, 1.807) is 0 Å². The maximum Gasteiger partial charge on any atom is 0.305 e. The van der Waals surface area contributed by atoms with Gasteiger partial charge < -0.3 is 33.2 Å². The minimum atomic E-state index is -0.624. The van der Waals surface area contributed by atoms with Gasteiger partial charge in [-0.15, -0.1) is 0 Å². The van der Waals surface area contributed by atoms with Crippen molar-refractivity contribution in [2.45, 2.75) is 257 Å². The van der Waals surface area contributed by atoms with Crippen molar-refractivity contribution in [2.75, 3.05) is 19.8 Å². The highest BCUT2D eigenvalue weighted by atomic mass is 16.6. The Morgan fingerprint density at radius 2 is 0.684 bits per heavy atom. The molecule has 1 fully saturated rings. The highest BCUT2D eigenvalue weighted by Crippen LogP contribution is 2.34. The Labute approximate surface area is 479 Å². The van der Waals surface area contributed by atoms with Crippen molar-refractivity contribution in [1.29, 1.82) is 0 Å². The topological polar surface area (TPSA) is 98.8 Å². The van der Waals surface area contributed by atoms with E-state index >= 15 is 0 Å². The molecule has 5 rings (SSSR count). The second-order valence-corrected chi connectivity index (χ2v) is 22.5. The summed E-state index contributed by atoms with van der Waals surface area (Å²) in [4.78, 5) is 27.0. The molecule has 4 aromatic rings. The van der Waals surface area contributed by atoms with E-state index in [9.17, 15) is 9.59 Å². The van der Waals surface area contributed by atoms with Crippen LogP contribution in [-0.4, -0.2) is 62.3 Å². The Bertz CT molecular complexity index is 2010. The van der Waals surface area contributed by atoms with Crippen molar-refractivity contribution in [1.82, 2.24) is 0 Å². The largest absolute Gasteiger partial charge is 0.465 e. The molecular formula is C70H104O9. The van der Waals surface area contributed by atoms with Gasteiger partial charge in [0.25, 0.3) is 0 Å². The van der Waals surface area contributed by atoms with Gasteiger partial charge in [-0.25, -0.2) is 0 Å². The Balaban J connectivity index is 1.28. The Morgan fingerprint density at radius 1 is 0.380 bits per heavy atom. The first-order chi connectivity index (χ1) is 39.0. The van der Waals surface area contributed by atoms with Crippen LogP contribution in [0, 0.1) is 5.92 Å². The molecule has 0 unspecified atom stereocenters. The van der Waals surface area contributed by atoms with Crippen molar-refractivity contribution in [3.05, 3.63) is 144 Å². The van der Waals surface area contributed by atoms with Gasteiger partial charge in [-0.1, -0.05) is 289 Å². The lowest BCUT2D eigenvalue weighted by Crippen LogP contribution is -2.61. The summed E-state index contributed by atoms with van der Waals surface area (Å²) < 4.78 is 46.9. The molecule has 0 N–H and O–H groups in total. The van der Waals surface area contributed by atoms with Gasteiger partial charge >= 0.3 is 11.9 Å². The zero-order chi connectivity index (χ0) is 55.5. The van der Waals surface area contributed by atoms with Gasteiger partial charge in [0.2, 0.25) is 0 Å². The van der Waals surface area contributed by atoms with Crippen LogP contribution in [0.1, 0.15) is 222 Å². The number of ether oxygens (including phenoxy) is 7. The third-order valence-electron chi connectivity index (χ3n) is 15.5. The molecule has 9 nitrogen and oxygen atoms in total. The highest BCUT2D eigenvalue weighted by Gasteiger charge is 2.49. The van der Waals surface area contributed by atoms with E-state index in [0.717, 1.165) is 60.8 Å². The fourth-order valence-electron chi connectivity index (χ4n) is 10.7. The second kappa shape index (κ2) is 43.4. The number of hydrogen-bond acceptors (Lipinski definition) is 9. The van der Waals surface area contributed by atoms with Gasteiger partial charge in [0.05, 0.1) is 52.4 Å². The van der Waals surface area contributed by atoms with E-state index in [0.29, 0.717) is 45.7 Å². The van der Waals surface area contributed by atoms with Gasteiger partial charge in [-0.3, -0.25) is 9.59 Å². The van der Waals surface area contributed by atoms with Crippen LogP contribution in [-0.2, 0) is 69.2 Å². The standard InChI is InChI=1S/C70H104O9/c1-3-5-7-9-11-13-15-17-19-21-23-25-39-49-66(71)74-56-63(57-75-67(72)50-40-26-24-22-20-18-16-14-12-10-8-6-4-2)51-64-68(76-53-60-43-33-28-34-44-60)70(78-55-62-47-37-30-38-48-62)69(77-54-61-45-35-29-36-46-61)65(79-64)58-73-52-59-41-31-27-32-42-59/h27-38,41-48,63-65,68-70H,3-26,39-40,49-58H2,1-2H3/t64-,65+,68-,69+,70+/m0/s1. The summed E-state index contributed by atoms with van der Waals surface area (Å²) in [5, 5.41) is 0. The van der Waals surface area contributed by atoms with Crippen LogP contribution in [0.2, 0.25) is 0 Å². The first kappa shape index (κ1) is 65.4. The molecular weight excluding hydrogens is 985 g/mol. The molecule has 1 aliphatic heterocycles. The average molecular weight is 1090 g/mol. The van der Waals surface area contributed by atoms with E-state index in [1.807, 2.05) is 72.8 Å². The van der Waals surface area contributed by atoms with Gasteiger partial charge in [-0.05, 0) is 41.5 Å². The summed E-state index contributed by atoms with van der Waals surface area (Å²) in [6, 6.07) is 40.6. The van der Waals surface area contributed by atoms with Gasteiger partial charge in [0, 0.05) is 18.8 Å². The highest BCUT2D eigenvalue weighted by molar-refractivity contribution is 5.69. The summed E-state index contributed by atoms with van der Waals surface area (Å²) in [6.45, 7) is 6.31. The Hall–Kier alpha value is -4.38. The van der Waals surface area contributed by atoms with Crippen LogP contribution in [0.3, 0.4) is 0 Å². The smallest absolute Gasteiger partial charge is 0.305 e. The fraction of sp³-hybridized carbons (Fsp3) is 0.629. The van der Waals surface area contributed by atoms with Crippen molar-refractivity contribution < 1.29 is 42.7 Å². The van der Waals surface area contributed by atoms with Crippen LogP contribution in [0.25, 0.3) is 0 Å². The SMILES string of the molecule is CCCCCCCCCCCCCCCC(=O)OCC(COC(=O)CCCCCCCCCCCCCCC)C[C@@H]1O[C@H](COCc2ccccc2)[C@@H](OCc2ccccc2)[C@H](OCc2ccccc2)[C@H]1OCc1ccccc1. The maximum atomic E-state index is 13.5. The van der Waals surface area contributed by atoms with Crippen LogP contribution in [0.5, 0.6) is 0 Å². The molecule has 0 spiro atoms. The van der Waals surface area contributed by atoms with Crippen molar-refractivity contribution in [3.8, 4) is 0 Å². The number of rotatable bonds is 47. The number of hydrogen-bond donors (Lipinski definition) is 0. The fourth-order valence-corrected chi connectivity index (χ4v) is 10.7. The lowest BCUT2D eigenvalue weighted by atomic mass is 9.89. The van der Waals surface area contributed by atoms with E-state index in [4.69, 9.17) is 33.2 Å². The summed E-state index contributed by atoms with van der Waals surface area (Å²) in [7, 11) is 0. The molecule has 0 saturated carbocycles. The van der Waals surface area contributed by atoms with Crippen LogP contribution >= 0.6 is 0 Å². The monoisotopic (exact) mass is 1090 g/mol. The van der Waals surface area contributed by atoms with Gasteiger partial charge in [-0.2, -0.15) is 0 Å². The average Bonchev–Trinajstić information content (AvgIpc) is 3.48.